The van der Waals surface area contributed by atoms with Gasteiger partial charge < -0.3 is 10.1 Å². The van der Waals surface area contributed by atoms with E-state index in [0.29, 0.717) is 17.9 Å². The number of esters is 1. The summed E-state index contributed by atoms with van der Waals surface area (Å²) in [5.41, 5.74) is 2.21. The maximum atomic E-state index is 13.3. The van der Waals surface area contributed by atoms with E-state index in [1.165, 1.54) is 11.8 Å². The molecule has 1 aliphatic heterocycles. The van der Waals surface area contributed by atoms with Crippen molar-refractivity contribution in [3.05, 3.63) is 64.2 Å². The highest BCUT2D eigenvalue weighted by Gasteiger charge is 2.48. The summed E-state index contributed by atoms with van der Waals surface area (Å²) >= 11 is 7.66. The van der Waals surface area contributed by atoms with Crippen molar-refractivity contribution in [3.8, 4) is 0 Å². The van der Waals surface area contributed by atoms with Crippen LogP contribution in [0.1, 0.15) is 36.5 Å². The molecule has 6 heteroatoms. The van der Waals surface area contributed by atoms with Gasteiger partial charge in [-0.3, -0.25) is 4.79 Å². The first-order chi connectivity index (χ1) is 13.4. The fourth-order valence-electron chi connectivity index (χ4n) is 4.14. The van der Waals surface area contributed by atoms with Gasteiger partial charge in [0.15, 0.2) is 0 Å². The van der Waals surface area contributed by atoms with Crippen LogP contribution in [0.2, 0.25) is 5.02 Å². The van der Waals surface area contributed by atoms with Crippen LogP contribution in [-0.2, 0) is 27.2 Å². The summed E-state index contributed by atoms with van der Waals surface area (Å²) in [6, 6.07) is 13.6. The fourth-order valence-corrected chi connectivity index (χ4v) is 5.64. The highest BCUT2D eigenvalue weighted by molar-refractivity contribution is 8.01. The average molecular weight is 416 g/mol. The lowest BCUT2D eigenvalue weighted by atomic mass is 9.93. The van der Waals surface area contributed by atoms with E-state index in [1.807, 2.05) is 49.4 Å². The summed E-state index contributed by atoms with van der Waals surface area (Å²) in [6.07, 6.45) is 0.913. The van der Waals surface area contributed by atoms with E-state index in [9.17, 15) is 9.59 Å². The fraction of sp³-hybridized carbons (Fsp3) is 0.364. The van der Waals surface area contributed by atoms with E-state index in [1.54, 1.807) is 6.92 Å². The minimum absolute atomic E-state index is 0.0155. The van der Waals surface area contributed by atoms with Crippen LogP contribution in [0.5, 0.6) is 0 Å². The summed E-state index contributed by atoms with van der Waals surface area (Å²) in [5, 5.41) is 3.44. The van der Waals surface area contributed by atoms with Crippen LogP contribution in [0, 0.1) is 0 Å². The topological polar surface area (TPSA) is 55.4 Å². The van der Waals surface area contributed by atoms with Crippen molar-refractivity contribution in [2.75, 3.05) is 6.61 Å². The predicted octanol–water partition coefficient (Wildman–Crippen LogP) is 4.13. The third-order valence-electron chi connectivity index (χ3n) is 5.56. The van der Waals surface area contributed by atoms with Crippen LogP contribution in [0.4, 0.5) is 0 Å². The Morgan fingerprint density at radius 3 is 2.54 bits per heavy atom. The van der Waals surface area contributed by atoms with Crippen LogP contribution < -0.4 is 5.32 Å². The van der Waals surface area contributed by atoms with E-state index >= 15 is 0 Å². The Morgan fingerprint density at radius 1 is 1.21 bits per heavy atom. The lowest BCUT2D eigenvalue weighted by Crippen LogP contribution is -2.58. The molecule has 2 aromatic rings. The highest BCUT2D eigenvalue weighted by atomic mass is 35.5. The Kier molecular flexibility index (Phi) is 5.15. The quantitative estimate of drug-likeness (QED) is 0.762. The van der Waals surface area contributed by atoms with Crippen LogP contribution >= 0.6 is 23.4 Å². The van der Waals surface area contributed by atoms with Crippen molar-refractivity contribution in [2.24, 2.45) is 0 Å². The van der Waals surface area contributed by atoms with Gasteiger partial charge in [-0.1, -0.05) is 42.8 Å². The molecule has 1 heterocycles. The number of amides is 1. The SMILES string of the molecule is CCOC(=O)C1(NC(=O)C2Sc3ccc(Cl)cc3C2C)Cc2ccccc2C1. The maximum Gasteiger partial charge on any atom is 0.332 e. The van der Waals surface area contributed by atoms with Gasteiger partial charge >= 0.3 is 5.97 Å². The normalized spacial score (nSPS) is 21.7. The average Bonchev–Trinajstić information content (AvgIpc) is 3.20. The van der Waals surface area contributed by atoms with E-state index in [4.69, 9.17) is 16.3 Å². The largest absolute Gasteiger partial charge is 0.464 e. The molecule has 0 spiro atoms. The Balaban J connectivity index is 1.58. The number of ether oxygens (including phenoxy) is 1. The van der Waals surface area contributed by atoms with Gasteiger partial charge in [0.25, 0.3) is 0 Å². The molecule has 2 aliphatic rings. The molecule has 1 amide bonds. The number of thioether (sulfide) groups is 1. The zero-order valence-corrected chi connectivity index (χ0v) is 17.4. The molecule has 2 unspecified atom stereocenters. The van der Waals surface area contributed by atoms with Crippen LogP contribution in [-0.4, -0.2) is 29.3 Å². The van der Waals surface area contributed by atoms with Crippen LogP contribution in [0.15, 0.2) is 47.4 Å². The molecule has 0 aromatic heterocycles. The second-order valence-corrected chi connectivity index (χ2v) is 9.04. The monoisotopic (exact) mass is 415 g/mol. The number of nitrogens with one attached hydrogen (secondary N) is 1. The number of fused-ring (bicyclic) bond motifs is 2. The molecule has 28 heavy (non-hydrogen) atoms. The third-order valence-corrected chi connectivity index (χ3v) is 7.30. The number of carbonyl (C=O) groups is 2. The van der Waals surface area contributed by atoms with Crippen molar-refractivity contribution < 1.29 is 14.3 Å². The number of halogens is 1. The number of hydrogen-bond donors (Lipinski definition) is 1. The summed E-state index contributed by atoms with van der Waals surface area (Å²) in [5.74, 6) is -0.483. The molecule has 0 fully saturated rings. The number of benzene rings is 2. The van der Waals surface area contributed by atoms with Crippen molar-refractivity contribution in [1.29, 1.82) is 0 Å². The molecule has 0 bridgehead atoms. The van der Waals surface area contributed by atoms with Gasteiger partial charge in [-0.15, -0.1) is 11.8 Å². The summed E-state index contributed by atoms with van der Waals surface area (Å²) in [4.78, 5) is 27.2. The van der Waals surface area contributed by atoms with E-state index in [2.05, 4.69) is 5.32 Å². The van der Waals surface area contributed by atoms with E-state index < -0.39 is 5.54 Å². The first-order valence-corrected chi connectivity index (χ1v) is 10.7. The van der Waals surface area contributed by atoms with E-state index in [-0.39, 0.29) is 29.7 Å². The summed E-state index contributed by atoms with van der Waals surface area (Å²) in [6.45, 7) is 4.09. The smallest absolute Gasteiger partial charge is 0.332 e. The molecule has 146 valence electrons. The molecule has 2 atom stereocenters. The third kappa shape index (κ3) is 3.31. The number of carbonyl (C=O) groups excluding carboxylic acids is 2. The molecule has 4 nitrogen and oxygen atoms in total. The van der Waals surface area contributed by atoms with Crippen molar-refractivity contribution >= 4 is 35.2 Å². The molecular weight excluding hydrogens is 394 g/mol. The van der Waals surface area contributed by atoms with Gasteiger partial charge in [0, 0.05) is 28.7 Å². The minimum Gasteiger partial charge on any atom is -0.464 e. The zero-order valence-electron chi connectivity index (χ0n) is 15.8. The van der Waals surface area contributed by atoms with Gasteiger partial charge in [-0.05, 0) is 41.8 Å². The minimum atomic E-state index is -1.04. The highest BCUT2D eigenvalue weighted by Crippen LogP contribution is 2.46. The van der Waals surface area contributed by atoms with Crippen molar-refractivity contribution in [1.82, 2.24) is 5.32 Å². The number of hydrogen-bond acceptors (Lipinski definition) is 4. The molecule has 2 aromatic carbocycles. The second kappa shape index (κ2) is 7.45. The summed E-state index contributed by atoms with van der Waals surface area (Å²) < 4.78 is 5.35. The molecule has 0 saturated carbocycles. The van der Waals surface area contributed by atoms with Gasteiger partial charge in [0.2, 0.25) is 5.91 Å². The predicted molar refractivity (Wildman–Crippen MR) is 111 cm³/mol. The Morgan fingerprint density at radius 2 is 1.89 bits per heavy atom. The maximum absolute atomic E-state index is 13.3. The lowest BCUT2D eigenvalue weighted by molar-refractivity contribution is -0.153. The molecular formula is C22H22ClNO3S. The number of rotatable bonds is 4. The van der Waals surface area contributed by atoms with Crippen LogP contribution in [0.3, 0.4) is 0 Å². The molecule has 0 saturated heterocycles. The Bertz CT molecular complexity index is 920. The van der Waals surface area contributed by atoms with E-state index in [0.717, 1.165) is 21.6 Å². The van der Waals surface area contributed by atoms with Crippen molar-refractivity contribution in [2.45, 2.75) is 48.3 Å². The molecule has 0 radical (unpaired) electrons. The van der Waals surface area contributed by atoms with Gasteiger partial charge in [-0.2, -0.15) is 0 Å². The zero-order chi connectivity index (χ0) is 19.9. The first-order valence-electron chi connectivity index (χ1n) is 9.45. The molecule has 4 rings (SSSR count). The molecule has 1 N–H and O–H groups in total. The first kappa shape index (κ1) is 19.3. The summed E-state index contributed by atoms with van der Waals surface area (Å²) in [7, 11) is 0. The van der Waals surface area contributed by atoms with Gasteiger partial charge in [0.05, 0.1) is 11.9 Å². The molecule has 1 aliphatic carbocycles. The standard InChI is InChI=1S/C22H22ClNO3S/c1-3-27-21(26)22(11-14-6-4-5-7-15(14)12-22)24-20(25)19-13(2)17-10-16(23)8-9-18(17)28-19/h4-10,13,19H,3,11-12H2,1-2H3,(H,24,25). The Labute approximate surface area is 174 Å². The lowest BCUT2D eigenvalue weighted by Gasteiger charge is -2.30. The second-order valence-electron chi connectivity index (χ2n) is 7.42. The van der Waals surface area contributed by atoms with Gasteiger partial charge in [0.1, 0.15) is 5.54 Å². The van der Waals surface area contributed by atoms with Gasteiger partial charge in [-0.25, -0.2) is 4.79 Å². The van der Waals surface area contributed by atoms with Crippen LogP contribution in [0.25, 0.3) is 0 Å². The van der Waals surface area contributed by atoms with Crippen molar-refractivity contribution in [3.63, 3.8) is 0 Å². The Hall–Kier alpha value is -1.98.